The van der Waals surface area contributed by atoms with E-state index in [0.717, 1.165) is 26.2 Å². The maximum Gasteiger partial charge on any atom is 0.237 e. The molecule has 4 heteroatoms. The van der Waals surface area contributed by atoms with Gasteiger partial charge in [-0.25, -0.2) is 0 Å². The minimum atomic E-state index is 0.194. The molecule has 2 unspecified atom stereocenters. The van der Waals surface area contributed by atoms with E-state index in [2.05, 4.69) is 42.3 Å². The summed E-state index contributed by atoms with van der Waals surface area (Å²) < 4.78 is 0. The molecule has 0 bridgehead atoms. The van der Waals surface area contributed by atoms with Crippen LogP contribution in [0, 0.1) is 5.92 Å². The van der Waals surface area contributed by atoms with Crippen molar-refractivity contribution in [1.29, 1.82) is 0 Å². The largest absolute Gasteiger partial charge is 0.338 e. The smallest absolute Gasteiger partial charge is 0.237 e. The minimum absolute atomic E-state index is 0.194. The molecule has 0 aromatic heterocycles. The molecule has 0 saturated carbocycles. The zero-order valence-corrected chi connectivity index (χ0v) is 12.2. The normalized spacial score (nSPS) is 28.1. The second kappa shape index (κ2) is 6.35. The predicted octanol–water partition coefficient (Wildman–Crippen LogP) is 0.871. The van der Waals surface area contributed by atoms with Gasteiger partial charge in [-0.15, -0.1) is 0 Å². The first-order chi connectivity index (χ1) is 9.08. The van der Waals surface area contributed by atoms with Crippen LogP contribution in [0.2, 0.25) is 0 Å². The predicted molar refractivity (Wildman–Crippen MR) is 77.9 cm³/mol. The molecule has 1 fully saturated rings. The summed E-state index contributed by atoms with van der Waals surface area (Å²) >= 11 is 0. The van der Waals surface area contributed by atoms with Gasteiger partial charge in [0.2, 0.25) is 5.91 Å². The monoisotopic (exact) mass is 263 g/mol. The average molecular weight is 263 g/mol. The molecule has 19 heavy (non-hydrogen) atoms. The summed E-state index contributed by atoms with van der Waals surface area (Å²) in [6.07, 6.45) is 6.49. The first kappa shape index (κ1) is 14.3. The van der Waals surface area contributed by atoms with Crippen molar-refractivity contribution in [2.75, 3.05) is 39.8 Å². The van der Waals surface area contributed by atoms with Gasteiger partial charge in [-0.1, -0.05) is 30.7 Å². The number of nitrogens with zero attached hydrogens (tertiary/aromatic N) is 2. The topological polar surface area (TPSA) is 35.6 Å². The zero-order valence-electron chi connectivity index (χ0n) is 12.2. The maximum absolute atomic E-state index is 12.3. The van der Waals surface area contributed by atoms with Gasteiger partial charge in [0.15, 0.2) is 0 Å². The Morgan fingerprint density at radius 2 is 2.16 bits per heavy atom. The van der Waals surface area contributed by atoms with Crippen LogP contribution in [0.5, 0.6) is 0 Å². The molecule has 2 aliphatic rings. The summed E-state index contributed by atoms with van der Waals surface area (Å²) in [4.78, 5) is 16.5. The molecule has 2 rings (SSSR count). The van der Waals surface area contributed by atoms with Gasteiger partial charge in [0.25, 0.3) is 0 Å². The van der Waals surface area contributed by atoms with Crippen LogP contribution in [0.3, 0.4) is 0 Å². The van der Waals surface area contributed by atoms with Crippen LogP contribution in [0.1, 0.15) is 13.8 Å². The SMILES string of the molecule is CC1=CC(C)C(N(C)C(=O)CN2CCNCC2)C=C1. The van der Waals surface area contributed by atoms with Crippen molar-refractivity contribution >= 4 is 5.91 Å². The maximum atomic E-state index is 12.3. The van der Waals surface area contributed by atoms with E-state index < -0.39 is 0 Å². The number of hydrogen-bond acceptors (Lipinski definition) is 3. The van der Waals surface area contributed by atoms with Gasteiger partial charge < -0.3 is 10.2 Å². The van der Waals surface area contributed by atoms with E-state index in [1.54, 1.807) is 0 Å². The van der Waals surface area contributed by atoms with E-state index in [1.807, 2.05) is 11.9 Å². The van der Waals surface area contributed by atoms with Crippen LogP contribution in [0.25, 0.3) is 0 Å². The highest BCUT2D eigenvalue weighted by Gasteiger charge is 2.25. The van der Waals surface area contributed by atoms with Gasteiger partial charge in [0.1, 0.15) is 0 Å². The molecule has 1 aliphatic heterocycles. The Bertz CT molecular complexity index is 383. The van der Waals surface area contributed by atoms with Crippen LogP contribution < -0.4 is 5.32 Å². The third-order valence-corrected chi connectivity index (χ3v) is 4.03. The Labute approximate surface area is 116 Å². The summed E-state index contributed by atoms with van der Waals surface area (Å²) in [5.74, 6) is 0.610. The summed E-state index contributed by atoms with van der Waals surface area (Å²) in [7, 11) is 1.92. The fourth-order valence-electron chi connectivity index (χ4n) is 2.81. The fraction of sp³-hybridized carbons (Fsp3) is 0.667. The number of hydrogen-bond donors (Lipinski definition) is 1. The molecule has 0 spiro atoms. The van der Waals surface area contributed by atoms with Crippen molar-refractivity contribution in [1.82, 2.24) is 15.1 Å². The molecular weight excluding hydrogens is 238 g/mol. The van der Waals surface area contributed by atoms with E-state index in [-0.39, 0.29) is 11.9 Å². The molecule has 0 aromatic rings. The molecule has 0 radical (unpaired) electrons. The highest BCUT2D eigenvalue weighted by molar-refractivity contribution is 5.78. The summed E-state index contributed by atoms with van der Waals surface area (Å²) in [5.41, 5.74) is 1.28. The van der Waals surface area contributed by atoms with Gasteiger partial charge >= 0.3 is 0 Å². The number of nitrogens with one attached hydrogen (secondary N) is 1. The second-order valence-corrected chi connectivity index (χ2v) is 5.65. The highest BCUT2D eigenvalue weighted by Crippen LogP contribution is 2.20. The standard InChI is InChI=1S/C15H25N3O/c1-12-4-5-14(13(2)10-12)17(3)15(19)11-18-8-6-16-7-9-18/h4-5,10,13-14,16H,6-9,11H2,1-3H3. The summed E-state index contributed by atoms with van der Waals surface area (Å²) in [5, 5.41) is 3.31. The average Bonchev–Trinajstić information content (AvgIpc) is 2.39. The van der Waals surface area contributed by atoms with Crippen molar-refractivity contribution in [2.45, 2.75) is 19.9 Å². The van der Waals surface area contributed by atoms with Gasteiger partial charge in [-0.05, 0) is 12.8 Å². The van der Waals surface area contributed by atoms with Crippen LogP contribution in [0.15, 0.2) is 23.8 Å². The Balaban J connectivity index is 1.90. The van der Waals surface area contributed by atoms with Gasteiger partial charge in [0, 0.05) is 33.2 Å². The Hall–Kier alpha value is -1.13. The molecule has 106 valence electrons. The van der Waals surface area contributed by atoms with Crippen LogP contribution >= 0.6 is 0 Å². The van der Waals surface area contributed by atoms with E-state index in [9.17, 15) is 4.79 Å². The Kier molecular flexibility index (Phi) is 4.77. The number of allylic oxidation sites excluding steroid dienone is 2. The number of carbonyl (C=O) groups excluding carboxylic acids is 1. The Morgan fingerprint density at radius 1 is 1.47 bits per heavy atom. The lowest BCUT2D eigenvalue weighted by Crippen LogP contribution is -2.50. The van der Waals surface area contributed by atoms with Gasteiger partial charge in [0.05, 0.1) is 12.6 Å². The second-order valence-electron chi connectivity index (χ2n) is 5.65. The molecular formula is C15H25N3O. The molecule has 0 aromatic carbocycles. The molecule has 1 heterocycles. The third-order valence-electron chi connectivity index (χ3n) is 4.03. The lowest BCUT2D eigenvalue weighted by molar-refractivity contribution is -0.133. The molecule has 1 amide bonds. The van der Waals surface area contributed by atoms with Crippen molar-refractivity contribution in [3.8, 4) is 0 Å². The van der Waals surface area contributed by atoms with Gasteiger partial charge in [-0.3, -0.25) is 9.69 Å². The van der Waals surface area contributed by atoms with Crippen LogP contribution in [-0.2, 0) is 4.79 Å². The lowest BCUT2D eigenvalue weighted by atomic mass is 9.92. The number of rotatable bonds is 3. The lowest BCUT2D eigenvalue weighted by Gasteiger charge is -2.34. The molecule has 2 atom stereocenters. The molecule has 1 N–H and O–H groups in total. The minimum Gasteiger partial charge on any atom is -0.338 e. The Morgan fingerprint density at radius 3 is 2.79 bits per heavy atom. The summed E-state index contributed by atoms with van der Waals surface area (Å²) in [6, 6.07) is 0.194. The number of carbonyl (C=O) groups is 1. The molecule has 4 nitrogen and oxygen atoms in total. The first-order valence-electron chi connectivity index (χ1n) is 7.13. The van der Waals surface area contributed by atoms with Crippen LogP contribution in [0.4, 0.5) is 0 Å². The third kappa shape index (κ3) is 3.67. The summed E-state index contributed by atoms with van der Waals surface area (Å²) in [6.45, 7) is 8.72. The van der Waals surface area contributed by atoms with E-state index >= 15 is 0 Å². The quantitative estimate of drug-likeness (QED) is 0.821. The highest BCUT2D eigenvalue weighted by atomic mass is 16.2. The van der Waals surface area contributed by atoms with E-state index in [0.29, 0.717) is 12.5 Å². The zero-order chi connectivity index (χ0) is 13.8. The number of likely N-dealkylation sites (N-methyl/N-ethyl adjacent to an activating group) is 1. The first-order valence-corrected chi connectivity index (χ1v) is 7.13. The number of piperazine rings is 1. The number of amides is 1. The van der Waals surface area contributed by atoms with Crippen molar-refractivity contribution in [3.05, 3.63) is 23.8 Å². The van der Waals surface area contributed by atoms with Gasteiger partial charge in [-0.2, -0.15) is 0 Å². The molecule has 1 aliphatic carbocycles. The van der Waals surface area contributed by atoms with Crippen molar-refractivity contribution in [3.63, 3.8) is 0 Å². The van der Waals surface area contributed by atoms with Crippen LogP contribution in [-0.4, -0.2) is 61.5 Å². The van der Waals surface area contributed by atoms with E-state index in [4.69, 9.17) is 0 Å². The van der Waals surface area contributed by atoms with E-state index in [1.165, 1.54) is 5.57 Å². The fourth-order valence-corrected chi connectivity index (χ4v) is 2.81. The molecule has 1 saturated heterocycles. The van der Waals surface area contributed by atoms with Crippen molar-refractivity contribution in [2.24, 2.45) is 5.92 Å². The van der Waals surface area contributed by atoms with Crippen molar-refractivity contribution < 1.29 is 4.79 Å².